The van der Waals surface area contributed by atoms with E-state index in [0.29, 0.717) is 0 Å². The Bertz CT molecular complexity index is 268. The molecule has 2 saturated heterocycles. The molecule has 0 unspecified atom stereocenters. The van der Waals surface area contributed by atoms with E-state index in [1.807, 2.05) is 13.8 Å². The van der Waals surface area contributed by atoms with Crippen molar-refractivity contribution < 1.29 is 18.9 Å². The fourth-order valence-corrected chi connectivity index (χ4v) is 1.87. The largest absolute Gasteiger partial charge is 0.375 e. The van der Waals surface area contributed by atoms with E-state index in [1.165, 1.54) is 0 Å². The van der Waals surface area contributed by atoms with Crippen LogP contribution in [0.2, 0.25) is 0 Å². The maximum atomic E-state index is 5.64. The molecule has 0 aromatic rings. The molecule has 14 heavy (non-hydrogen) atoms. The van der Waals surface area contributed by atoms with E-state index in [4.69, 9.17) is 25.4 Å². The van der Waals surface area contributed by atoms with E-state index in [2.05, 4.69) is 5.92 Å². The molecule has 2 heterocycles. The standard InChI is InChI=1S/C10H14O4/c1-5-6-7(11-4)8-9(12-6)14-10(2,3)13-8/h1,6-9H,2-4H3/t6-,7+,8-,9-/m1/s1. The Morgan fingerprint density at radius 1 is 1.36 bits per heavy atom. The second-order valence-electron chi connectivity index (χ2n) is 3.89. The molecule has 4 atom stereocenters. The second kappa shape index (κ2) is 3.21. The molecule has 0 aromatic carbocycles. The molecule has 78 valence electrons. The van der Waals surface area contributed by atoms with Crippen molar-refractivity contribution in [3.63, 3.8) is 0 Å². The third kappa shape index (κ3) is 1.43. The molecule has 0 aromatic heterocycles. The zero-order valence-electron chi connectivity index (χ0n) is 8.52. The van der Waals surface area contributed by atoms with Crippen molar-refractivity contribution in [3.05, 3.63) is 0 Å². The van der Waals surface area contributed by atoms with Crippen molar-refractivity contribution in [3.8, 4) is 12.3 Å². The minimum Gasteiger partial charge on any atom is -0.375 e. The molecule has 0 radical (unpaired) electrons. The number of hydrogen-bond acceptors (Lipinski definition) is 4. The van der Waals surface area contributed by atoms with Gasteiger partial charge in [-0.3, -0.25) is 0 Å². The number of fused-ring (bicyclic) bond motifs is 1. The van der Waals surface area contributed by atoms with Crippen LogP contribution in [0.1, 0.15) is 13.8 Å². The maximum absolute atomic E-state index is 5.64. The normalized spacial score (nSPS) is 44.7. The Kier molecular flexibility index (Phi) is 2.28. The molecule has 0 spiro atoms. The lowest BCUT2D eigenvalue weighted by molar-refractivity contribution is -0.209. The fourth-order valence-electron chi connectivity index (χ4n) is 1.87. The fraction of sp³-hybridized carbons (Fsp3) is 0.800. The predicted octanol–water partition coefficient (Wildman–Crippen LogP) is 0.511. The van der Waals surface area contributed by atoms with Gasteiger partial charge in [0.15, 0.2) is 12.1 Å². The maximum Gasteiger partial charge on any atom is 0.191 e. The first-order chi connectivity index (χ1) is 6.57. The van der Waals surface area contributed by atoms with Gasteiger partial charge in [-0.1, -0.05) is 5.92 Å². The number of hydrogen-bond donors (Lipinski definition) is 0. The SMILES string of the molecule is C#C[C@H]1O[C@@H]2OC(C)(C)O[C@@H]2[C@H]1OC. The van der Waals surface area contributed by atoms with Gasteiger partial charge in [-0.2, -0.15) is 0 Å². The minimum atomic E-state index is -0.619. The Morgan fingerprint density at radius 2 is 2.07 bits per heavy atom. The van der Waals surface area contributed by atoms with E-state index in [9.17, 15) is 0 Å². The summed E-state index contributed by atoms with van der Waals surface area (Å²) < 4.78 is 21.9. The smallest absolute Gasteiger partial charge is 0.191 e. The number of ether oxygens (including phenoxy) is 4. The van der Waals surface area contributed by atoms with Crippen LogP contribution in [0.4, 0.5) is 0 Å². The van der Waals surface area contributed by atoms with Gasteiger partial charge in [-0.15, -0.1) is 6.42 Å². The average molecular weight is 198 g/mol. The molecule has 2 rings (SSSR count). The van der Waals surface area contributed by atoms with Gasteiger partial charge in [0.2, 0.25) is 0 Å². The van der Waals surface area contributed by atoms with Crippen LogP contribution in [0.5, 0.6) is 0 Å². The third-order valence-electron chi connectivity index (χ3n) is 2.43. The van der Waals surface area contributed by atoms with Crippen LogP contribution in [0, 0.1) is 12.3 Å². The zero-order valence-corrected chi connectivity index (χ0v) is 8.52. The van der Waals surface area contributed by atoms with Gasteiger partial charge in [-0.05, 0) is 13.8 Å². The van der Waals surface area contributed by atoms with Gasteiger partial charge in [0.25, 0.3) is 0 Å². The molecule has 4 nitrogen and oxygen atoms in total. The first-order valence-corrected chi connectivity index (χ1v) is 4.57. The molecule has 0 N–H and O–H groups in total. The van der Waals surface area contributed by atoms with E-state index in [1.54, 1.807) is 7.11 Å². The highest BCUT2D eigenvalue weighted by molar-refractivity contribution is 5.07. The first-order valence-electron chi connectivity index (χ1n) is 4.57. The van der Waals surface area contributed by atoms with E-state index < -0.39 is 12.1 Å². The summed E-state index contributed by atoms with van der Waals surface area (Å²) in [7, 11) is 1.59. The Hall–Kier alpha value is -0.600. The van der Waals surface area contributed by atoms with Crippen molar-refractivity contribution in [2.75, 3.05) is 7.11 Å². The van der Waals surface area contributed by atoms with Crippen LogP contribution in [-0.4, -0.2) is 37.5 Å². The van der Waals surface area contributed by atoms with Crippen LogP contribution >= 0.6 is 0 Å². The lowest BCUT2D eigenvalue weighted by atomic mass is 10.1. The highest BCUT2D eigenvalue weighted by atomic mass is 16.8. The topological polar surface area (TPSA) is 36.9 Å². The molecular weight excluding hydrogens is 184 g/mol. The summed E-state index contributed by atoms with van der Waals surface area (Å²) in [6, 6.07) is 0. The van der Waals surface area contributed by atoms with Gasteiger partial charge in [0, 0.05) is 7.11 Å². The van der Waals surface area contributed by atoms with Gasteiger partial charge >= 0.3 is 0 Å². The van der Waals surface area contributed by atoms with Crippen LogP contribution < -0.4 is 0 Å². The molecule has 0 bridgehead atoms. The molecule has 2 aliphatic rings. The van der Waals surface area contributed by atoms with E-state index in [0.717, 1.165) is 0 Å². The van der Waals surface area contributed by atoms with Crippen molar-refractivity contribution in [2.45, 2.75) is 44.2 Å². The van der Waals surface area contributed by atoms with Crippen molar-refractivity contribution >= 4 is 0 Å². The van der Waals surface area contributed by atoms with Crippen molar-refractivity contribution in [2.24, 2.45) is 0 Å². The Labute approximate surface area is 83.5 Å². The summed E-state index contributed by atoms with van der Waals surface area (Å²) in [5.41, 5.74) is 0. The summed E-state index contributed by atoms with van der Waals surface area (Å²) in [6.45, 7) is 3.68. The van der Waals surface area contributed by atoms with Crippen LogP contribution in [0.3, 0.4) is 0 Å². The van der Waals surface area contributed by atoms with Gasteiger partial charge in [0.1, 0.15) is 18.3 Å². The van der Waals surface area contributed by atoms with Crippen LogP contribution in [0.15, 0.2) is 0 Å². The number of methoxy groups -OCH3 is 1. The molecular formula is C10H14O4. The highest BCUT2D eigenvalue weighted by Gasteiger charge is 2.54. The third-order valence-corrected chi connectivity index (χ3v) is 2.43. The van der Waals surface area contributed by atoms with Crippen LogP contribution in [0.25, 0.3) is 0 Å². The Balaban J connectivity index is 2.14. The molecule has 2 fully saturated rings. The molecule has 0 amide bonds. The predicted molar refractivity (Wildman–Crippen MR) is 48.3 cm³/mol. The minimum absolute atomic E-state index is 0.226. The molecule has 2 aliphatic heterocycles. The lowest BCUT2D eigenvalue weighted by Crippen LogP contribution is -2.35. The lowest BCUT2D eigenvalue weighted by Gasteiger charge is -2.22. The Morgan fingerprint density at radius 3 is 2.64 bits per heavy atom. The van der Waals surface area contributed by atoms with Gasteiger partial charge in [-0.25, -0.2) is 0 Å². The quantitative estimate of drug-likeness (QED) is 0.575. The van der Waals surface area contributed by atoms with Crippen molar-refractivity contribution in [1.82, 2.24) is 0 Å². The first kappa shape index (κ1) is 9.94. The highest BCUT2D eigenvalue weighted by Crippen LogP contribution is 2.38. The molecule has 4 heteroatoms. The summed E-state index contributed by atoms with van der Waals surface area (Å²) in [5.74, 6) is 1.89. The summed E-state index contributed by atoms with van der Waals surface area (Å²) >= 11 is 0. The molecule has 0 saturated carbocycles. The monoisotopic (exact) mass is 198 g/mol. The van der Waals surface area contributed by atoms with Crippen LogP contribution in [-0.2, 0) is 18.9 Å². The summed E-state index contributed by atoms with van der Waals surface area (Å²) in [5, 5.41) is 0. The molecule has 0 aliphatic carbocycles. The van der Waals surface area contributed by atoms with Gasteiger partial charge < -0.3 is 18.9 Å². The van der Waals surface area contributed by atoms with E-state index in [-0.39, 0.29) is 18.3 Å². The second-order valence-corrected chi connectivity index (χ2v) is 3.89. The summed E-state index contributed by atoms with van der Waals surface area (Å²) in [4.78, 5) is 0. The summed E-state index contributed by atoms with van der Waals surface area (Å²) in [6.07, 6.45) is 4.05. The zero-order chi connectivity index (χ0) is 10.3. The van der Waals surface area contributed by atoms with Gasteiger partial charge in [0.05, 0.1) is 0 Å². The number of terminal acetylenes is 1. The van der Waals surface area contributed by atoms with Crippen molar-refractivity contribution in [1.29, 1.82) is 0 Å². The van der Waals surface area contributed by atoms with E-state index >= 15 is 0 Å². The average Bonchev–Trinajstić information content (AvgIpc) is 2.55. The number of rotatable bonds is 1.